The number of benzene rings is 4. The number of nitrogens with zero attached hydrogens (tertiary/aromatic N) is 2. The zero-order valence-corrected chi connectivity index (χ0v) is 20.1. The van der Waals surface area contributed by atoms with E-state index in [9.17, 15) is 4.79 Å². The molecular weight excluding hydrogens is 450 g/mol. The zero-order chi connectivity index (χ0) is 24.4. The Labute approximate surface area is 208 Å². The fraction of sp³-hybridized carbons (Fsp3) is 0.167. The normalized spacial score (nSPS) is 16.6. The van der Waals surface area contributed by atoms with E-state index < -0.39 is 0 Å². The van der Waals surface area contributed by atoms with E-state index in [4.69, 9.17) is 9.47 Å². The van der Waals surface area contributed by atoms with Gasteiger partial charge >= 0.3 is 0 Å². The van der Waals surface area contributed by atoms with Gasteiger partial charge in [-0.25, -0.2) is 0 Å². The molecule has 178 valence electrons. The van der Waals surface area contributed by atoms with E-state index >= 15 is 0 Å². The Morgan fingerprint density at radius 1 is 0.833 bits per heavy atom. The molecule has 1 aromatic heterocycles. The lowest BCUT2D eigenvalue weighted by atomic mass is 9.93. The molecule has 1 atom stereocenters. The van der Waals surface area contributed by atoms with Gasteiger partial charge in [0.05, 0.1) is 31.3 Å². The van der Waals surface area contributed by atoms with Crippen molar-refractivity contribution in [1.82, 2.24) is 9.88 Å². The van der Waals surface area contributed by atoms with Crippen molar-refractivity contribution in [1.29, 1.82) is 0 Å². The first-order chi connectivity index (χ1) is 17.7. The maximum Gasteiger partial charge on any atom is 0.261 e. The highest BCUT2D eigenvalue weighted by Crippen LogP contribution is 2.51. The number of hydrogen-bond donors (Lipinski definition) is 1. The average Bonchev–Trinajstić information content (AvgIpc) is 3.32. The van der Waals surface area contributed by atoms with E-state index in [-0.39, 0.29) is 12.1 Å². The maximum absolute atomic E-state index is 14.0. The van der Waals surface area contributed by atoms with Gasteiger partial charge in [-0.05, 0) is 47.7 Å². The second-order valence-corrected chi connectivity index (χ2v) is 9.24. The lowest BCUT2D eigenvalue weighted by molar-refractivity contribution is 0.0638. The standard InChI is InChI=1S/C30H25N3O3/c1-35-24-14-6-11-21-26(24)20-16-17-32-29(28(20)31-21)33(22-12-5-9-18-8-3-4-10-19(18)22)23-13-7-15-25(36-2)27(23)30(32)34/h3-15,29,31H,16-17H2,1-2H3. The van der Waals surface area contributed by atoms with Crippen molar-refractivity contribution in [2.45, 2.75) is 12.6 Å². The summed E-state index contributed by atoms with van der Waals surface area (Å²) in [6, 6.07) is 26.6. The van der Waals surface area contributed by atoms with Crippen LogP contribution >= 0.6 is 0 Å². The fourth-order valence-electron chi connectivity index (χ4n) is 6.00. The molecule has 5 aromatic rings. The second kappa shape index (κ2) is 7.78. The van der Waals surface area contributed by atoms with Gasteiger partial charge in [0.25, 0.3) is 5.91 Å². The number of hydrogen-bond acceptors (Lipinski definition) is 4. The second-order valence-electron chi connectivity index (χ2n) is 9.24. The van der Waals surface area contributed by atoms with Crippen molar-refractivity contribution in [2.24, 2.45) is 0 Å². The van der Waals surface area contributed by atoms with Gasteiger partial charge in [0.15, 0.2) is 6.17 Å². The first kappa shape index (κ1) is 20.9. The van der Waals surface area contributed by atoms with Crippen LogP contribution in [-0.4, -0.2) is 36.6 Å². The molecule has 0 fully saturated rings. The van der Waals surface area contributed by atoms with Gasteiger partial charge in [-0.15, -0.1) is 0 Å². The van der Waals surface area contributed by atoms with Crippen molar-refractivity contribution >= 4 is 39.0 Å². The maximum atomic E-state index is 14.0. The summed E-state index contributed by atoms with van der Waals surface area (Å²) in [5.74, 6) is 1.42. The molecule has 0 spiro atoms. The largest absolute Gasteiger partial charge is 0.496 e. The Kier molecular flexibility index (Phi) is 4.51. The van der Waals surface area contributed by atoms with Gasteiger partial charge in [-0.3, -0.25) is 4.79 Å². The van der Waals surface area contributed by atoms with Gasteiger partial charge in [-0.1, -0.05) is 48.5 Å². The Morgan fingerprint density at radius 2 is 1.56 bits per heavy atom. The van der Waals surface area contributed by atoms with Crippen LogP contribution in [0.5, 0.6) is 11.5 Å². The number of methoxy groups -OCH3 is 2. The molecule has 4 aromatic carbocycles. The smallest absolute Gasteiger partial charge is 0.261 e. The highest BCUT2D eigenvalue weighted by atomic mass is 16.5. The van der Waals surface area contributed by atoms with Crippen molar-refractivity contribution in [3.05, 3.63) is 95.7 Å². The number of aromatic amines is 1. The number of ether oxygens (including phenoxy) is 2. The Balaban J connectivity index is 1.56. The number of fused-ring (bicyclic) bond motifs is 7. The minimum absolute atomic E-state index is 0.0137. The van der Waals surface area contributed by atoms with E-state index in [2.05, 4.69) is 58.4 Å². The van der Waals surface area contributed by atoms with Gasteiger partial charge in [-0.2, -0.15) is 0 Å². The predicted molar refractivity (Wildman–Crippen MR) is 141 cm³/mol. The molecule has 2 aliphatic rings. The molecule has 6 nitrogen and oxygen atoms in total. The molecule has 2 aliphatic heterocycles. The van der Waals surface area contributed by atoms with Gasteiger partial charge in [0, 0.05) is 22.8 Å². The van der Waals surface area contributed by atoms with Crippen LogP contribution in [0.2, 0.25) is 0 Å². The van der Waals surface area contributed by atoms with Crippen molar-refractivity contribution in [2.75, 3.05) is 25.7 Å². The van der Waals surface area contributed by atoms with Crippen LogP contribution in [0.1, 0.15) is 27.8 Å². The van der Waals surface area contributed by atoms with Gasteiger partial charge in [0.2, 0.25) is 0 Å². The van der Waals surface area contributed by atoms with E-state index in [0.29, 0.717) is 17.9 Å². The Bertz CT molecular complexity index is 1670. The number of carbonyl (C=O) groups is 1. The SMILES string of the molecule is COc1cccc2c1C(=O)N1CCc3c([nH]c4cccc(OC)c34)C1N2c1cccc2ccccc12. The third kappa shape index (κ3) is 2.75. The van der Waals surface area contributed by atoms with Crippen LogP contribution < -0.4 is 14.4 Å². The number of aromatic nitrogens is 1. The van der Waals surface area contributed by atoms with Crippen LogP contribution in [0.4, 0.5) is 11.4 Å². The highest BCUT2D eigenvalue weighted by molar-refractivity contribution is 6.08. The third-order valence-electron chi connectivity index (χ3n) is 7.53. The van der Waals surface area contributed by atoms with E-state index in [1.54, 1.807) is 14.2 Å². The zero-order valence-electron chi connectivity index (χ0n) is 20.1. The lowest BCUT2D eigenvalue weighted by Gasteiger charge is -2.48. The predicted octanol–water partition coefficient (Wildman–Crippen LogP) is 6.19. The lowest BCUT2D eigenvalue weighted by Crippen LogP contribution is -2.50. The van der Waals surface area contributed by atoms with E-state index in [1.165, 1.54) is 5.56 Å². The summed E-state index contributed by atoms with van der Waals surface area (Å²) in [4.78, 5) is 21.9. The molecule has 36 heavy (non-hydrogen) atoms. The monoisotopic (exact) mass is 475 g/mol. The van der Waals surface area contributed by atoms with Crippen molar-refractivity contribution < 1.29 is 14.3 Å². The van der Waals surface area contributed by atoms with Crippen molar-refractivity contribution in [3.8, 4) is 11.5 Å². The highest BCUT2D eigenvalue weighted by Gasteiger charge is 2.45. The topological polar surface area (TPSA) is 57.8 Å². The first-order valence-corrected chi connectivity index (χ1v) is 12.1. The van der Waals surface area contributed by atoms with Crippen molar-refractivity contribution in [3.63, 3.8) is 0 Å². The first-order valence-electron chi connectivity index (χ1n) is 12.1. The van der Waals surface area contributed by atoms with E-state index in [0.717, 1.165) is 50.9 Å². The summed E-state index contributed by atoms with van der Waals surface area (Å²) in [5, 5.41) is 3.37. The quantitative estimate of drug-likeness (QED) is 0.338. The molecule has 0 radical (unpaired) electrons. The summed E-state index contributed by atoms with van der Waals surface area (Å²) in [6.07, 6.45) is 0.412. The molecule has 0 aliphatic carbocycles. The van der Waals surface area contributed by atoms with Gasteiger partial charge in [0.1, 0.15) is 17.1 Å². The Morgan fingerprint density at radius 3 is 2.42 bits per heavy atom. The summed E-state index contributed by atoms with van der Waals surface area (Å²) in [7, 11) is 3.33. The van der Waals surface area contributed by atoms with Crippen LogP contribution in [0, 0.1) is 0 Å². The number of nitrogens with one attached hydrogen (secondary N) is 1. The van der Waals surface area contributed by atoms with Crippen LogP contribution in [0.25, 0.3) is 21.7 Å². The number of carbonyl (C=O) groups excluding carboxylic acids is 1. The molecular formula is C30H25N3O3. The number of rotatable bonds is 3. The third-order valence-corrected chi connectivity index (χ3v) is 7.53. The number of anilines is 2. The minimum atomic E-state index is -0.330. The summed E-state index contributed by atoms with van der Waals surface area (Å²) < 4.78 is 11.4. The van der Waals surface area contributed by atoms with Gasteiger partial charge < -0.3 is 24.3 Å². The fourth-order valence-corrected chi connectivity index (χ4v) is 6.00. The molecule has 1 unspecified atom stereocenters. The van der Waals surface area contributed by atoms with Crippen LogP contribution in [0.3, 0.4) is 0 Å². The molecule has 1 N–H and O–H groups in total. The minimum Gasteiger partial charge on any atom is -0.496 e. The van der Waals surface area contributed by atoms with Crippen LogP contribution in [-0.2, 0) is 6.42 Å². The number of H-pyrrole nitrogens is 1. The number of amides is 1. The molecule has 1 amide bonds. The molecule has 0 saturated carbocycles. The molecule has 3 heterocycles. The molecule has 0 saturated heterocycles. The molecule has 7 rings (SSSR count). The average molecular weight is 476 g/mol. The molecule has 0 bridgehead atoms. The van der Waals surface area contributed by atoms with E-state index in [1.807, 2.05) is 35.2 Å². The Hall–Kier alpha value is -4.45. The summed E-state index contributed by atoms with van der Waals surface area (Å²) in [6.45, 7) is 0.597. The van der Waals surface area contributed by atoms with Crippen LogP contribution in [0.15, 0.2) is 78.9 Å². The summed E-state index contributed by atoms with van der Waals surface area (Å²) >= 11 is 0. The summed E-state index contributed by atoms with van der Waals surface area (Å²) in [5.41, 5.74) is 5.73. The molecule has 6 heteroatoms.